The van der Waals surface area contributed by atoms with Crippen molar-refractivity contribution < 1.29 is 4.92 Å². The fourth-order valence-electron chi connectivity index (χ4n) is 1.12. The third-order valence-electron chi connectivity index (χ3n) is 1.84. The molecule has 1 aromatic carbocycles. The fraction of sp³-hybridized carbons (Fsp3) is 0.200. The highest BCUT2D eigenvalue weighted by molar-refractivity contribution is 6.42. The van der Waals surface area contributed by atoms with Gasteiger partial charge in [0.25, 0.3) is 5.69 Å². The van der Waals surface area contributed by atoms with Crippen molar-refractivity contribution in [2.75, 3.05) is 5.88 Å². The lowest BCUT2D eigenvalue weighted by atomic mass is 10.1. The molecule has 1 rings (SSSR count). The average molecular weight is 281 g/mol. The number of nitro groups is 1. The van der Waals surface area contributed by atoms with Crippen LogP contribution in [0.5, 0.6) is 0 Å². The molecule has 0 bridgehead atoms. The van der Waals surface area contributed by atoms with E-state index in [1.54, 1.807) is 12.2 Å². The van der Waals surface area contributed by atoms with Gasteiger partial charge in [-0.15, -0.1) is 11.6 Å². The van der Waals surface area contributed by atoms with Crippen LogP contribution in [0, 0.1) is 10.1 Å². The van der Waals surface area contributed by atoms with Crippen LogP contribution in [0.3, 0.4) is 0 Å². The quantitative estimate of drug-likeness (QED) is 0.461. The number of nitrogens with zero attached hydrogens (tertiary/aromatic N) is 1. The van der Waals surface area contributed by atoms with Crippen LogP contribution < -0.4 is 0 Å². The molecule has 0 heterocycles. The minimum Gasteiger partial charge on any atom is -0.258 e. The predicted molar refractivity (Wildman–Crippen MR) is 67.5 cm³/mol. The number of benzene rings is 1. The largest absolute Gasteiger partial charge is 0.278 e. The summed E-state index contributed by atoms with van der Waals surface area (Å²) in [7, 11) is 0. The van der Waals surface area contributed by atoms with Crippen LogP contribution >= 0.6 is 34.8 Å². The fourth-order valence-corrected chi connectivity index (χ4v) is 1.57. The van der Waals surface area contributed by atoms with Gasteiger partial charge in [0.15, 0.2) is 0 Å². The van der Waals surface area contributed by atoms with Crippen LogP contribution in [0.1, 0.15) is 12.0 Å². The zero-order valence-electron chi connectivity index (χ0n) is 8.12. The Kier molecular flexibility index (Phi) is 5.06. The SMILES string of the molecule is O=[N+]([O-])c1cc(Cl)c(Cl)cc1C=CCCCl. The molecule has 0 aliphatic carbocycles. The Morgan fingerprint density at radius 3 is 2.50 bits per heavy atom. The summed E-state index contributed by atoms with van der Waals surface area (Å²) in [6, 6.07) is 2.71. The van der Waals surface area contributed by atoms with E-state index in [4.69, 9.17) is 34.8 Å². The van der Waals surface area contributed by atoms with Gasteiger partial charge in [-0.05, 0) is 12.5 Å². The number of allylic oxidation sites excluding steroid dienone is 1. The second-order valence-corrected chi connectivity index (χ2v) is 4.15. The molecule has 0 aromatic heterocycles. The third kappa shape index (κ3) is 3.37. The Labute approximate surface area is 108 Å². The molecule has 16 heavy (non-hydrogen) atoms. The molecule has 0 aliphatic rings. The van der Waals surface area contributed by atoms with E-state index in [0.29, 0.717) is 17.9 Å². The Bertz CT molecular complexity index is 432. The monoisotopic (exact) mass is 279 g/mol. The highest BCUT2D eigenvalue weighted by atomic mass is 35.5. The van der Waals surface area contributed by atoms with E-state index >= 15 is 0 Å². The van der Waals surface area contributed by atoms with Crippen LogP contribution in [0.2, 0.25) is 10.0 Å². The molecule has 0 saturated heterocycles. The normalized spacial score (nSPS) is 10.9. The van der Waals surface area contributed by atoms with E-state index in [1.165, 1.54) is 12.1 Å². The summed E-state index contributed by atoms with van der Waals surface area (Å²) in [5.74, 6) is 0.464. The molecule has 6 heteroatoms. The topological polar surface area (TPSA) is 43.1 Å². The maximum atomic E-state index is 10.8. The summed E-state index contributed by atoms with van der Waals surface area (Å²) in [6.07, 6.45) is 4.00. The van der Waals surface area contributed by atoms with Crippen LogP contribution in [-0.2, 0) is 0 Å². The molecule has 0 aliphatic heterocycles. The molecule has 0 unspecified atom stereocenters. The smallest absolute Gasteiger partial charge is 0.258 e. The molecule has 0 saturated carbocycles. The zero-order chi connectivity index (χ0) is 12.1. The van der Waals surface area contributed by atoms with Crippen molar-refractivity contribution >= 4 is 46.6 Å². The lowest BCUT2D eigenvalue weighted by Gasteiger charge is -2.00. The molecule has 0 fully saturated rings. The van der Waals surface area contributed by atoms with Gasteiger partial charge in [0.1, 0.15) is 0 Å². The van der Waals surface area contributed by atoms with Gasteiger partial charge >= 0.3 is 0 Å². The summed E-state index contributed by atoms with van der Waals surface area (Å²) >= 11 is 17.0. The lowest BCUT2D eigenvalue weighted by Crippen LogP contribution is -1.91. The van der Waals surface area contributed by atoms with Crippen molar-refractivity contribution in [1.82, 2.24) is 0 Å². The summed E-state index contributed by atoms with van der Waals surface area (Å²) in [5, 5.41) is 11.2. The minimum atomic E-state index is -0.497. The molecular weight excluding hydrogens is 272 g/mol. The van der Waals surface area contributed by atoms with E-state index in [0.717, 1.165) is 0 Å². The Morgan fingerprint density at radius 1 is 1.31 bits per heavy atom. The van der Waals surface area contributed by atoms with Crippen molar-refractivity contribution in [3.05, 3.63) is 43.9 Å². The summed E-state index contributed by atoms with van der Waals surface area (Å²) < 4.78 is 0. The molecule has 0 radical (unpaired) electrons. The number of hydrogen-bond acceptors (Lipinski definition) is 2. The lowest BCUT2D eigenvalue weighted by molar-refractivity contribution is -0.385. The maximum Gasteiger partial charge on any atom is 0.278 e. The number of nitro benzene ring substituents is 1. The standard InChI is InChI=1S/C10H8Cl3NO2/c11-4-2-1-3-7-5-8(12)9(13)6-10(7)14(15)16/h1,3,5-6H,2,4H2. The molecule has 1 aromatic rings. The Balaban J connectivity index is 3.14. The number of alkyl halides is 1. The predicted octanol–water partition coefficient (Wildman–Crippen LogP) is 4.54. The molecule has 0 spiro atoms. The third-order valence-corrected chi connectivity index (χ3v) is 2.78. The number of halogens is 3. The van der Waals surface area contributed by atoms with Gasteiger partial charge in [-0.25, -0.2) is 0 Å². The van der Waals surface area contributed by atoms with Gasteiger partial charge in [0.2, 0.25) is 0 Å². The first-order chi connectivity index (χ1) is 7.56. The van der Waals surface area contributed by atoms with Crippen molar-refractivity contribution in [2.24, 2.45) is 0 Å². The molecular formula is C10H8Cl3NO2. The molecule has 0 amide bonds. The van der Waals surface area contributed by atoms with Crippen molar-refractivity contribution in [1.29, 1.82) is 0 Å². The van der Waals surface area contributed by atoms with Gasteiger partial charge in [-0.3, -0.25) is 10.1 Å². The first-order valence-corrected chi connectivity index (χ1v) is 5.71. The molecule has 0 N–H and O–H groups in total. The highest BCUT2D eigenvalue weighted by Crippen LogP contribution is 2.31. The maximum absolute atomic E-state index is 10.8. The van der Waals surface area contributed by atoms with Gasteiger partial charge in [0, 0.05) is 11.9 Å². The van der Waals surface area contributed by atoms with E-state index in [1.807, 2.05) is 0 Å². The second-order valence-electron chi connectivity index (χ2n) is 2.96. The zero-order valence-corrected chi connectivity index (χ0v) is 10.4. The Hall–Kier alpha value is -0.770. The first kappa shape index (κ1) is 13.3. The first-order valence-electron chi connectivity index (χ1n) is 4.42. The van der Waals surface area contributed by atoms with E-state index < -0.39 is 4.92 Å². The van der Waals surface area contributed by atoms with Crippen molar-refractivity contribution in [2.45, 2.75) is 6.42 Å². The minimum absolute atomic E-state index is 0.0692. The van der Waals surface area contributed by atoms with E-state index in [-0.39, 0.29) is 15.7 Å². The Morgan fingerprint density at radius 2 is 1.94 bits per heavy atom. The van der Waals surface area contributed by atoms with Gasteiger partial charge < -0.3 is 0 Å². The molecule has 3 nitrogen and oxygen atoms in total. The molecule has 0 atom stereocenters. The second kappa shape index (κ2) is 6.09. The van der Waals surface area contributed by atoms with E-state index in [2.05, 4.69) is 0 Å². The van der Waals surface area contributed by atoms with Crippen LogP contribution in [0.15, 0.2) is 18.2 Å². The van der Waals surface area contributed by atoms with Crippen LogP contribution in [0.4, 0.5) is 5.69 Å². The van der Waals surface area contributed by atoms with Crippen LogP contribution in [-0.4, -0.2) is 10.8 Å². The summed E-state index contributed by atoms with van der Waals surface area (Å²) in [6.45, 7) is 0. The summed E-state index contributed by atoms with van der Waals surface area (Å²) in [5.41, 5.74) is 0.352. The van der Waals surface area contributed by atoms with Crippen LogP contribution in [0.25, 0.3) is 6.08 Å². The van der Waals surface area contributed by atoms with Gasteiger partial charge in [0.05, 0.1) is 20.5 Å². The summed E-state index contributed by atoms with van der Waals surface area (Å²) in [4.78, 5) is 10.3. The number of hydrogen-bond donors (Lipinski definition) is 0. The molecule has 86 valence electrons. The van der Waals surface area contributed by atoms with Crippen molar-refractivity contribution in [3.8, 4) is 0 Å². The average Bonchev–Trinajstić information content (AvgIpc) is 2.23. The van der Waals surface area contributed by atoms with Crippen molar-refractivity contribution in [3.63, 3.8) is 0 Å². The van der Waals surface area contributed by atoms with E-state index in [9.17, 15) is 10.1 Å². The highest BCUT2D eigenvalue weighted by Gasteiger charge is 2.14. The van der Waals surface area contributed by atoms with Gasteiger partial charge in [-0.1, -0.05) is 35.4 Å². The number of rotatable bonds is 4. The van der Waals surface area contributed by atoms with Gasteiger partial charge in [-0.2, -0.15) is 0 Å².